The summed E-state index contributed by atoms with van der Waals surface area (Å²) >= 11 is 18.3. The first-order chi connectivity index (χ1) is 16.1. The number of halogens is 3. The molecule has 1 aromatic carbocycles. The summed E-state index contributed by atoms with van der Waals surface area (Å²) in [5.41, 5.74) is 1.02. The molecule has 2 fully saturated rings. The SMILES string of the molecule is CS(=O)(=O)N1CCN(C(=O)N2CC(CNc3ccc(Cl)cn3)[C@@H](c3ccc(Cl)c(Cl)c3)C2)CC1. The van der Waals surface area contributed by atoms with Crippen LogP contribution in [0.25, 0.3) is 0 Å². The van der Waals surface area contributed by atoms with Gasteiger partial charge in [-0.2, -0.15) is 4.31 Å². The van der Waals surface area contributed by atoms with Crippen molar-refractivity contribution < 1.29 is 13.2 Å². The van der Waals surface area contributed by atoms with E-state index in [9.17, 15) is 13.2 Å². The Morgan fingerprint density at radius 3 is 2.38 bits per heavy atom. The Balaban J connectivity index is 1.48. The number of sulfonamides is 1. The van der Waals surface area contributed by atoms with E-state index in [2.05, 4.69) is 10.3 Å². The van der Waals surface area contributed by atoms with Gasteiger partial charge in [0.2, 0.25) is 10.0 Å². The fourth-order valence-electron chi connectivity index (χ4n) is 4.48. The number of carbonyl (C=O) groups excluding carboxylic acids is 1. The minimum atomic E-state index is -3.26. The molecule has 0 bridgehead atoms. The van der Waals surface area contributed by atoms with E-state index in [-0.39, 0.29) is 17.9 Å². The van der Waals surface area contributed by atoms with Crippen molar-refractivity contribution in [1.29, 1.82) is 0 Å². The predicted octanol–water partition coefficient (Wildman–Crippen LogP) is 3.87. The van der Waals surface area contributed by atoms with Gasteiger partial charge in [0.1, 0.15) is 5.82 Å². The van der Waals surface area contributed by atoms with Crippen LogP contribution in [0.1, 0.15) is 11.5 Å². The Morgan fingerprint density at radius 2 is 1.76 bits per heavy atom. The quantitative estimate of drug-likeness (QED) is 0.615. The number of amides is 2. The fraction of sp³-hybridized carbons (Fsp3) is 0.455. The van der Waals surface area contributed by atoms with Gasteiger partial charge >= 0.3 is 6.03 Å². The number of nitrogens with zero attached hydrogens (tertiary/aromatic N) is 4. The van der Waals surface area contributed by atoms with E-state index in [1.54, 1.807) is 23.2 Å². The van der Waals surface area contributed by atoms with E-state index in [4.69, 9.17) is 34.8 Å². The standard InChI is InChI=1S/C22H26Cl3N5O3S/c1-34(32,33)30-8-6-28(7-9-30)22(31)29-13-16(11-26-21-5-3-17(23)12-27-21)18(14-29)15-2-4-19(24)20(25)10-15/h2-5,10,12,16,18H,6-9,11,13-14H2,1H3,(H,26,27)/t16?,18-/m1/s1. The molecule has 1 unspecified atom stereocenters. The van der Waals surface area contributed by atoms with E-state index in [0.717, 1.165) is 5.56 Å². The molecule has 1 aromatic heterocycles. The Labute approximate surface area is 214 Å². The fourth-order valence-corrected chi connectivity index (χ4v) is 5.73. The monoisotopic (exact) mass is 545 g/mol. The van der Waals surface area contributed by atoms with Crippen molar-refractivity contribution in [3.05, 3.63) is 57.2 Å². The minimum Gasteiger partial charge on any atom is -0.370 e. The number of hydrogen-bond acceptors (Lipinski definition) is 5. The molecule has 0 aliphatic carbocycles. The number of urea groups is 1. The molecule has 1 N–H and O–H groups in total. The Bertz CT molecular complexity index is 1140. The molecule has 0 saturated carbocycles. The van der Waals surface area contributed by atoms with E-state index < -0.39 is 10.0 Å². The molecule has 34 heavy (non-hydrogen) atoms. The van der Waals surface area contributed by atoms with Gasteiger partial charge in [0.25, 0.3) is 0 Å². The molecule has 0 radical (unpaired) electrons. The van der Waals surface area contributed by atoms with Gasteiger partial charge in [0.05, 0.1) is 21.3 Å². The molecule has 4 rings (SSSR count). The maximum Gasteiger partial charge on any atom is 0.320 e. The van der Waals surface area contributed by atoms with Gasteiger partial charge in [0, 0.05) is 63.8 Å². The average molecular weight is 547 g/mol. The summed E-state index contributed by atoms with van der Waals surface area (Å²) in [7, 11) is -3.26. The van der Waals surface area contributed by atoms with Crippen molar-refractivity contribution in [3.63, 3.8) is 0 Å². The van der Waals surface area contributed by atoms with Gasteiger partial charge in [0.15, 0.2) is 0 Å². The van der Waals surface area contributed by atoms with Crippen molar-refractivity contribution in [2.45, 2.75) is 5.92 Å². The topological polar surface area (TPSA) is 85.9 Å². The normalized spacial score (nSPS) is 21.6. The zero-order valence-corrected chi connectivity index (χ0v) is 21.7. The van der Waals surface area contributed by atoms with Crippen molar-refractivity contribution in [3.8, 4) is 0 Å². The minimum absolute atomic E-state index is 0.0517. The number of likely N-dealkylation sites (tertiary alicyclic amines) is 1. The second kappa shape index (κ2) is 10.5. The third-order valence-electron chi connectivity index (χ3n) is 6.33. The highest BCUT2D eigenvalue weighted by molar-refractivity contribution is 7.88. The molecule has 2 saturated heterocycles. The molecule has 0 spiro atoms. The summed E-state index contributed by atoms with van der Waals surface area (Å²) in [5, 5.41) is 4.87. The highest BCUT2D eigenvalue weighted by Gasteiger charge is 2.38. The van der Waals surface area contributed by atoms with E-state index >= 15 is 0 Å². The van der Waals surface area contributed by atoms with Gasteiger partial charge in [-0.05, 0) is 29.8 Å². The van der Waals surface area contributed by atoms with Gasteiger partial charge in [-0.25, -0.2) is 18.2 Å². The average Bonchev–Trinajstić information content (AvgIpc) is 3.24. The number of piperazine rings is 1. The first kappa shape index (κ1) is 25.3. The number of anilines is 1. The van der Waals surface area contributed by atoms with Gasteiger partial charge in [-0.1, -0.05) is 40.9 Å². The Morgan fingerprint density at radius 1 is 1.03 bits per heavy atom. The van der Waals surface area contributed by atoms with Crippen LogP contribution < -0.4 is 5.32 Å². The highest BCUT2D eigenvalue weighted by Crippen LogP contribution is 2.36. The molecule has 2 amide bonds. The smallest absolute Gasteiger partial charge is 0.320 e. The molecule has 184 valence electrons. The second-order valence-electron chi connectivity index (χ2n) is 8.62. The van der Waals surface area contributed by atoms with Gasteiger partial charge in [-0.3, -0.25) is 0 Å². The van der Waals surface area contributed by atoms with Crippen LogP contribution in [0.15, 0.2) is 36.5 Å². The third kappa shape index (κ3) is 5.88. The molecule has 2 aliphatic rings. The predicted molar refractivity (Wildman–Crippen MR) is 135 cm³/mol. The third-order valence-corrected chi connectivity index (χ3v) is 8.60. The lowest BCUT2D eigenvalue weighted by Gasteiger charge is -2.35. The van der Waals surface area contributed by atoms with Crippen LogP contribution in [0.3, 0.4) is 0 Å². The molecule has 12 heteroatoms. The van der Waals surface area contributed by atoms with Crippen LogP contribution in [0.5, 0.6) is 0 Å². The summed E-state index contributed by atoms with van der Waals surface area (Å²) in [6.07, 6.45) is 2.78. The largest absolute Gasteiger partial charge is 0.370 e. The lowest BCUT2D eigenvalue weighted by atomic mass is 9.89. The number of carbonyl (C=O) groups is 1. The first-order valence-electron chi connectivity index (χ1n) is 10.9. The Kier molecular flexibility index (Phi) is 7.79. The molecular formula is C22H26Cl3N5O3S. The zero-order valence-electron chi connectivity index (χ0n) is 18.6. The van der Waals surface area contributed by atoms with Crippen LogP contribution in [-0.2, 0) is 10.0 Å². The zero-order chi connectivity index (χ0) is 24.5. The highest BCUT2D eigenvalue weighted by atomic mass is 35.5. The van der Waals surface area contributed by atoms with Crippen LogP contribution in [0.4, 0.5) is 10.6 Å². The lowest BCUT2D eigenvalue weighted by Crippen LogP contribution is -2.53. The van der Waals surface area contributed by atoms with Crippen LogP contribution in [0.2, 0.25) is 15.1 Å². The van der Waals surface area contributed by atoms with E-state index in [0.29, 0.717) is 66.7 Å². The molecule has 2 aromatic rings. The molecule has 3 heterocycles. The number of hydrogen-bond donors (Lipinski definition) is 1. The van der Waals surface area contributed by atoms with E-state index in [1.807, 2.05) is 23.1 Å². The van der Waals surface area contributed by atoms with Crippen LogP contribution >= 0.6 is 34.8 Å². The van der Waals surface area contributed by atoms with E-state index in [1.165, 1.54) is 10.6 Å². The molecule has 2 atom stereocenters. The number of pyridine rings is 1. The van der Waals surface area contributed by atoms with Crippen molar-refractivity contribution in [1.82, 2.24) is 19.1 Å². The van der Waals surface area contributed by atoms with Gasteiger partial charge in [-0.15, -0.1) is 0 Å². The van der Waals surface area contributed by atoms with Crippen LogP contribution in [0, 0.1) is 5.92 Å². The maximum absolute atomic E-state index is 13.3. The maximum atomic E-state index is 13.3. The number of benzene rings is 1. The summed E-state index contributed by atoms with van der Waals surface area (Å²) < 4.78 is 25.0. The van der Waals surface area contributed by atoms with Crippen LogP contribution in [-0.4, -0.2) is 85.6 Å². The lowest BCUT2D eigenvalue weighted by molar-refractivity contribution is 0.141. The molecule has 8 nitrogen and oxygen atoms in total. The Hall–Kier alpha value is -1.78. The van der Waals surface area contributed by atoms with Crippen molar-refractivity contribution >= 4 is 56.7 Å². The number of nitrogens with one attached hydrogen (secondary N) is 1. The summed E-state index contributed by atoms with van der Waals surface area (Å²) in [4.78, 5) is 21.2. The van der Waals surface area contributed by atoms with Crippen molar-refractivity contribution in [2.24, 2.45) is 5.92 Å². The summed E-state index contributed by atoms with van der Waals surface area (Å²) in [5.74, 6) is 0.866. The summed E-state index contributed by atoms with van der Waals surface area (Å²) in [6, 6.07) is 9.10. The molecule has 2 aliphatic heterocycles. The first-order valence-corrected chi connectivity index (χ1v) is 13.9. The van der Waals surface area contributed by atoms with Gasteiger partial charge < -0.3 is 15.1 Å². The number of rotatable bonds is 5. The summed E-state index contributed by atoms with van der Waals surface area (Å²) in [6.45, 7) is 3.05. The second-order valence-corrected chi connectivity index (χ2v) is 11.9. The molecular weight excluding hydrogens is 521 g/mol. The van der Waals surface area contributed by atoms with Crippen molar-refractivity contribution in [2.75, 3.05) is 57.4 Å². The number of aromatic nitrogens is 1.